The number of aliphatic hydroxyl groups is 1. The molecule has 0 radical (unpaired) electrons. The van der Waals surface area contributed by atoms with E-state index in [9.17, 15) is 14.3 Å². The summed E-state index contributed by atoms with van der Waals surface area (Å²) in [5.41, 5.74) is 5.87. The normalized spacial score (nSPS) is 15.0. The molecule has 0 saturated carbocycles. The van der Waals surface area contributed by atoms with Crippen LogP contribution in [0.3, 0.4) is 0 Å². The number of aryl methyl sites for hydroxylation is 1. The predicted octanol–water partition coefficient (Wildman–Crippen LogP) is 5.67. The van der Waals surface area contributed by atoms with Crippen LogP contribution in [-0.2, 0) is 6.42 Å². The molecule has 0 aliphatic carbocycles. The van der Waals surface area contributed by atoms with Gasteiger partial charge in [-0.05, 0) is 75.2 Å². The first-order chi connectivity index (χ1) is 22.3. The lowest BCUT2D eigenvalue weighted by molar-refractivity contribution is 0.0994. The highest BCUT2D eigenvalue weighted by Crippen LogP contribution is 2.36. The number of hydrogen-bond acceptors (Lipinski definition) is 9. The number of benzene rings is 1. The number of β-amino-alcohol motifs (C(OH)–C–C–N with tert-alkyl or cyclic N) is 1. The van der Waals surface area contributed by atoms with Crippen molar-refractivity contribution < 1.29 is 14.3 Å². The molecular weight excluding hydrogens is 603 g/mol. The van der Waals surface area contributed by atoms with E-state index < -0.39 is 0 Å². The molecule has 1 N–H and O–H groups in total. The quantitative estimate of drug-likeness (QED) is 0.202. The van der Waals surface area contributed by atoms with E-state index in [1.54, 1.807) is 35.2 Å². The highest BCUT2D eigenvalue weighted by Gasteiger charge is 2.27. The maximum absolute atomic E-state index is 13.8. The minimum atomic E-state index is -0.368. The van der Waals surface area contributed by atoms with Crippen molar-refractivity contribution in [1.82, 2.24) is 39.0 Å². The number of Topliss-reactive ketones (excluding diaryl/α,β-unsaturated/α-hetero) is 1. The van der Waals surface area contributed by atoms with Crippen molar-refractivity contribution in [3.8, 4) is 33.2 Å². The summed E-state index contributed by atoms with van der Waals surface area (Å²) in [6.45, 7) is 6.05. The number of fused-ring (bicyclic) bond motifs is 1. The Labute approximate surface area is 269 Å². The van der Waals surface area contributed by atoms with Crippen molar-refractivity contribution in [2.24, 2.45) is 0 Å². The number of aromatic nitrogens is 7. The Kier molecular flexibility index (Phi) is 8.24. The Morgan fingerprint density at radius 3 is 2.63 bits per heavy atom. The number of rotatable bonds is 9. The minimum absolute atomic E-state index is 0.0487. The topological polar surface area (TPSA) is 114 Å². The first-order valence-corrected chi connectivity index (χ1v) is 16.1. The molecule has 46 heavy (non-hydrogen) atoms. The molecule has 1 aliphatic heterocycles. The number of ketones is 1. The van der Waals surface area contributed by atoms with Crippen LogP contribution in [-0.4, -0.2) is 75.6 Å². The van der Waals surface area contributed by atoms with E-state index in [4.69, 9.17) is 15.1 Å². The van der Waals surface area contributed by atoms with Gasteiger partial charge in [-0.1, -0.05) is 0 Å². The maximum Gasteiger partial charge on any atom is 0.180 e. The van der Waals surface area contributed by atoms with Gasteiger partial charge in [0.25, 0.3) is 0 Å². The van der Waals surface area contributed by atoms with Gasteiger partial charge in [0.05, 0.1) is 52.7 Å². The van der Waals surface area contributed by atoms with Crippen LogP contribution in [0, 0.1) is 12.7 Å². The smallest absolute Gasteiger partial charge is 0.180 e. The van der Waals surface area contributed by atoms with Gasteiger partial charge in [0.2, 0.25) is 0 Å². The van der Waals surface area contributed by atoms with Crippen LogP contribution in [0.4, 0.5) is 4.39 Å². The molecule has 1 aliphatic rings. The van der Waals surface area contributed by atoms with Gasteiger partial charge in [0.1, 0.15) is 16.5 Å². The highest BCUT2D eigenvalue weighted by molar-refractivity contribution is 7.17. The first kappa shape index (κ1) is 30.0. The second kappa shape index (κ2) is 12.6. The Bertz CT molecular complexity index is 1990. The number of nitrogens with zero attached hydrogens (tertiary/aromatic N) is 8. The Morgan fingerprint density at radius 2 is 1.89 bits per heavy atom. The van der Waals surface area contributed by atoms with E-state index in [0.717, 1.165) is 53.5 Å². The molecule has 1 fully saturated rings. The average Bonchev–Trinajstić information content (AvgIpc) is 3.78. The van der Waals surface area contributed by atoms with Gasteiger partial charge >= 0.3 is 0 Å². The van der Waals surface area contributed by atoms with Crippen LogP contribution in [0.1, 0.15) is 46.9 Å². The SMILES string of the molecule is Cc1nc(-c2cccnc2)sc1C(=O)Cc1cn2nc(-c3c(-c4ccc(F)cc4)ncn3C3CCN(C[C@@H](C)O)CC3)ccc2n1. The number of imidazole rings is 2. The lowest BCUT2D eigenvalue weighted by Gasteiger charge is -2.33. The monoisotopic (exact) mass is 636 g/mol. The number of likely N-dealkylation sites (tertiary alicyclic amines) is 1. The van der Waals surface area contributed by atoms with Gasteiger partial charge in [-0.3, -0.25) is 9.78 Å². The molecule has 234 valence electrons. The Balaban J connectivity index is 1.19. The molecule has 6 aromatic rings. The van der Waals surface area contributed by atoms with Crippen LogP contribution in [0.5, 0.6) is 0 Å². The standard InChI is InChI=1S/C34H33FN8O2S/c1-21(44)18-41-14-11-27(12-15-41)42-20-37-31(23-5-7-25(35)8-6-23)32(42)28-9-10-30-39-26(19-43(30)40-28)16-29(45)33-22(2)38-34(46-33)24-4-3-13-36-17-24/h3-10,13,17,19-21,27,44H,11-12,14-16,18H2,1-2H3/t21-/m1/s1. The number of carbonyl (C=O) groups excluding carboxylic acids is 1. The molecule has 1 atom stereocenters. The van der Waals surface area contributed by atoms with Gasteiger partial charge in [-0.15, -0.1) is 11.3 Å². The van der Waals surface area contributed by atoms with Crippen molar-refractivity contribution in [3.05, 3.63) is 95.5 Å². The largest absolute Gasteiger partial charge is 0.392 e. The van der Waals surface area contributed by atoms with E-state index in [-0.39, 0.29) is 30.2 Å². The summed E-state index contributed by atoms with van der Waals surface area (Å²) in [6, 6.07) is 14.1. The van der Waals surface area contributed by atoms with Crippen LogP contribution in [0.2, 0.25) is 0 Å². The second-order valence-electron chi connectivity index (χ2n) is 11.8. The molecule has 1 aromatic carbocycles. The number of pyridine rings is 1. The molecule has 1 saturated heterocycles. The third-order valence-corrected chi connectivity index (χ3v) is 9.54. The predicted molar refractivity (Wildman–Crippen MR) is 174 cm³/mol. The van der Waals surface area contributed by atoms with Crippen LogP contribution in [0.25, 0.3) is 38.9 Å². The van der Waals surface area contributed by atoms with E-state index in [0.29, 0.717) is 34.2 Å². The van der Waals surface area contributed by atoms with E-state index in [1.807, 2.05) is 44.4 Å². The lowest BCUT2D eigenvalue weighted by atomic mass is 10.0. The average molecular weight is 637 g/mol. The fourth-order valence-corrected chi connectivity index (χ4v) is 7.11. The zero-order valence-electron chi connectivity index (χ0n) is 25.5. The minimum Gasteiger partial charge on any atom is -0.392 e. The van der Waals surface area contributed by atoms with E-state index >= 15 is 0 Å². The van der Waals surface area contributed by atoms with Crippen molar-refractivity contribution >= 4 is 22.8 Å². The third kappa shape index (κ3) is 6.11. The van der Waals surface area contributed by atoms with Gasteiger partial charge in [-0.2, -0.15) is 5.10 Å². The zero-order chi connectivity index (χ0) is 31.8. The number of aliphatic hydroxyl groups excluding tert-OH is 1. The molecule has 6 heterocycles. The van der Waals surface area contributed by atoms with Crippen molar-refractivity contribution in [3.63, 3.8) is 0 Å². The van der Waals surface area contributed by atoms with Crippen LogP contribution in [0.15, 0.2) is 73.4 Å². The van der Waals surface area contributed by atoms with E-state index in [1.165, 1.54) is 23.5 Å². The molecule has 0 unspecified atom stereocenters. The second-order valence-corrected chi connectivity index (χ2v) is 12.8. The van der Waals surface area contributed by atoms with Gasteiger partial charge in [0, 0.05) is 49.2 Å². The molecule has 0 amide bonds. The Morgan fingerprint density at radius 1 is 1.09 bits per heavy atom. The number of piperidine rings is 1. The lowest BCUT2D eigenvalue weighted by Crippen LogP contribution is -2.38. The molecule has 7 rings (SSSR count). The fraction of sp³-hybridized carbons (Fsp3) is 0.294. The number of carbonyl (C=O) groups is 1. The molecule has 5 aromatic heterocycles. The summed E-state index contributed by atoms with van der Waals surface area (Å²) in [6.07, 6.45) is 8.65. The first-order valence-electron chi connectivity index (χ1n) is 15.3. The van der Waals surface area contributed by atoms with Crippen molar-refractivity contribution in [1.29, 1.82) is 0 Å². The van der Waals surface area contributed by atoms with Crippen molar-refractivity contribution in [2.75, 3.05) is 19.6 Å². The summed E-state index contributed by atoms with van der Waals surface area (Å²) in [7, 11) is 0. The van der Waals surface area contributed by atoms with Crippen LogP contribution < -0.4 is 0 Å². The maximum atomic E-state index is 13.8. The summed E-state index contributed by atoms with van der Waals surface area (Å²) < 4.78 is 17.7. The molecule has 12 heteroatoms. The van der Waals surface area contributed by atoms with Crippen molar-refractivity contribution in [2.45, 2.75) is 45.3 Å². The molecule has 0 spiro atoms. The number of hydrogen-bond donors (Lipinski definition) is 1. The third-order valence-electron chi connectivity index (χ3n) is 8.30. The van der Waals surface area contributed by atoms with Crippen LogP contribution >= 0.6 is 11.3 Å². The fourth-order valence-electron chi connectivity index (χ4n) is 6.12. The van der Waals surface area contributed by atoms with E-state index in [2.05, 4.69) is 19.4 Å². The number of thiazole rings is 1. The summed E-state index contributed by atoms with van der Waals surface area (Å²) in [5, 5.41) is 15.6. The summed E-state index contributed by atoms with van der Waals surface area (Å²) in [5.74, 6) is -0.357. The van der Waals surface area contributed by atoms with Gasteiger partial charge in [-0.25, -0.2) is 23.9 Å². The number of halogens is 1. The highest BCUT2D eigenvalue weighted by atomic mass is 32.1. The summed E-state index contributed by atoms with van der Waals surface area (Å²) >= 11 is 1.37. The van der Waals surface area contributed by atoms with Gasteiger partial charge < -0.3 is 14.6 Å². The molecule has 10 nitrogen and oxygen atoms in total. The van der Waals surface area contributed by atoms with Gasteiger partial charge in [0.15, 0.2) is 11.4 Å². The summed E-state index contributed by atoms with van der Waals surface area (Å²) in [4.78, 5) is 34.5. The molecular formula is C34H33FN8O2S. The zero-order valence-corrected chi connectivity index (χ0v) is 26.4. The Hall–Kier alpha value is -4.65. The molecule has 0 bridgehead atoms.